The van der Waals surface area contributed by atoms with Crippen molar-refractivity contribution in [2.75, 3.05) is 6.61 Å². The van der Waals surface area contributed by atoms with Crippen molar-refractivity contribution in [2.45, 2.75) is 6.54 Å². The van der Waals surface area contributed by atoms with Crippen LogP contribution in [0.1, 0.15) is 11.3 Å². The van der Waals surface area contributed by atoms with Crippen molar-refractivity contribution < 1.29 is 13.9 Å². The standard InChI is InChI=1S/C18H15NO3S2/c1-2-9-22-15-8-4-3-6-13(15)11-16-17(20)19(18(23)24-16)12-14-7-5-10-21-14/h2-8,10-11H,1,9,12H2/b16-11+. The lowest BCUT2D eigenvalue weighted by Gasteiger charge is -2.12. The molecular formula is C18H15NO3S2. The number of ether oxygens (including phenoxy) is 1. The molecule has 0 spiro atoms. The number of hydrogen-bond acceptors (Lipinski definition) is 5. The van der Waals surface area contributed by atoms with Crippen LogP contribution in [0.3, 0.4) is 0 Å². The molecule has 1 saturated heterocycles. The van der Waals surface area contributed by atoms with Gasteiger partial charge in [-0.15, -0.1) is 0 Å². The number of carbonyl (C=O) groups excluding carboxylic acids is 1. The number of benzene rings is 1. The quantitative estimate of drug-likeness (QED) is 0.439. The lowest BCUT2D eigenvalue weighted by Crippen LogP contribution is -2.27. The highest BCUT2D eigenvalue weighted by Gasteiger charge is 2.32. The predicted molar refractivity (Wildman–Crippen MR) is 99.6 cm³/mol. The first kappa shape index (κ1) is 16.5. The fourth-order valence-electron chi connectivity index (χ4n) is 2.22. The van der Waals surface area contributed by atoms with Crippen molar-refractivity contribution in [3.05, 3.63) is 71.5 Å². The topological polar surface area (TPSA) is 42.7 Å². The molecule has 1 aromatic carbocycles. The minimum Gasteiger partial charge on any atom is -0.489 e. The molecule has 3 rings (SSSR count). The summed E-state index contributed by atoms with van der Waals surface area (Å²) in [6, 6.07) is 11.2. The zero-order valence-corrected chi connectivity index (χ0v) is 14.4. The second-order valence-corrected chi connectivity index (χ2v) is 6.66. The van der Waals surface area contributed by atoms with E-state index in [1.165, 1.54) is 16.7 Å². The summed E-state index contributed by atoms with van der Waals surface area (Å²) in [4.78, 5) is 14.7. The molecule has 0 bridgehead atoms. The summed E-state index contributed by atoms with van der Waals surface area (Å²) >= 11 is 6.61. The van der Waals surface area contributed by atoms with Crippen molar-refractivity contribution in [1.82, 2.24) is 4.90 Å². The van der Waals surface area contributed by atoms with Crippen LogP contribution in [0.15, 0.2) is 64.6 Å². The molecule has 1 aromatic heterocycles. The summed E-state index contributed by atoms with van der Waals surface area (Å²) in [6.45, 7) is 4.39. The highest BCUT2D eigenvalue weighted by Crippen LogP contribution is 2.35. The maximum atomic E-state index is 12.6. The second kappa shape index (κ2) is 7.51. The Kier molecular flexibility index (Phi) is 5.17. The summed E-state index contributed by atoms with van der Waals surface area (Å²) in [6.07, 6.45) is 5.06. The van der Waals surface area contributed by atoms with E-state index >= 15 is 0 Å². The van der Waals surface area contributed by atoms with Gasteiger partial charge in [0.25, 0.3) is 5.91 Å². The van der Waals surface area contributed by atoms with Crippen LogP contribution >= 0.6 is 24.0 Å². The molecule has 0 N–H and O–H groups in total. The van der Waals surface area contributed by atoms with Gasteiger partial charge in [0.1, 0.15) is 22.4 Å². The number of para-hydroxylation sites is 1. The average Bonchev–Trinajstić information content (AvgIpc) is 3.18. The third kappa shape index (κ3) is 3.60. The van der Waals surface area contributed by atoms with Crippen molar-refractivity contribution in [1.29, 1.82) is 0 Å². The number of hydrogen-bond donors (Lipinski definition) is 0. The molecule has 0 aliphatic carbocycles. The van der Waals surface area contributed by atoms with Crippen molar-refractivity contribution >= 4 is 40.3 Å². The van der Waals surface area contributed by atoms with E-state index in [-0.39, 0.29) is 5.91 Å². The highest BCUT2D eigenvalue weighted by molar-refractivity contribution is 8.26. The van der Waals surface area contributed by atoms with Gasteiger partial charge in [-0.05, 0) is 24.3 Å². The van der Waals surface area contributed by atoms with E-state index in [9.17, 15) is 4.79 Å². The average molecular weight is 357 g/mol. The summed E-state index contributed by atoms with van der Waals surface area (Å²) in [5.41, 5.74) is 0.831. The molecule has 24 heavy (non-hydrogen) atoms. The summed E-state index contributed by atoms with van der Waals surface area (Å²) in [5, 5.41) is 0. The third-order valence-electron chi connectivity index (χ3n) is 3.33. The van der Waals surface area contributed by atoms with Crippen molar-refractivity contribution in [3.63, 3.8) is 0 Å². The molecule has 1 fully saturated rings. The normalized spacial score (nSPS) is 16.0. The van der Waals surface area contributed by atoms with Crippen LogP contribution in [0.25, 0.3) is 6.08 Å². The van der Waals surface area contributed by atoms with Crippen LogP contribution < -0.4 is 4.74 Å². The minimum atomic E-state index is -0.125. The first-order chi connectivity index (χ1) is 11.7. The van der Waals surface area contributed by atoms with Crippen LogP contribution in [-0.4, -0.2) is 21.7 Å². The van der Waals surface area contributed by atoms with E-state index in [0.717, 1.165) is 5.56 Å². The molecule has 1 amide bonds. The molecule has 2 aromatic rings. The van der Waals surface area contributed by atoms with Gasteiger partial charge < -0.3 is 9.15 Å². The van der Waals surface area contributed by atoms with E-state index in [4.69, 9.17) is 21.4 Å². The van der Waals surface area contributed by atoms with Gasteiger partial charge in [-0.25, -0.2) is 0 Å². The van der Waals surface area contributed by atoms with Crippen LogP contribution in [0, 0.1) is 0 Å². The van der Waals surface area contributed by atoms with Crippen molar-refractivity contribution in [3.8, 4) is 5.75 Å². The number of thioether (sulfide) groups is 1. The summed E-state index contributed by atoms with van der Waals surface area (Å²) < 4.78 is 11.4. The Labute approximate surface area is 149 Å². The number of amides is 1. The van der Waals surface area contributed by atoms with E-state index in [1.807, 2.05) is 30.3 Å². The molecule has 0 unspecified atom stereocenters. The molecule has 0 radical (unpaired) electrons. The third-order valence-corrected chi connectivity index (χ3v) is 4.71. The molecule has 0 atom stereocenters. The van der Waals surface area contributed by atoms with Gasteiger partial charge in [0, 0.05) is 5.56 Å². The van der Waals surface area contributed by atoms with Gasteiger partial charge in [-0.3, -0.25) is 9.69 Å². The highest BCUT2D eigenvalue weighted by atomic mass is 32.2. The van der Waals surface area contributed by atoms with Gasteiger partial charge in [0.05, 0.1) is 17.7 Å². The molecule has 1 aliphatic heterocycles. The van der Waals surface area contributed by atoms with Gasteiger partial charge in [-0.2, -0.15) is 0 Å². The Balaban J connectivity index is 1.82. The Morgan fingerprint density at radius 2 is 2.12 bits per heavy atom. The summed E-state index contributed by atoms with van der Waals surface area (Å²) in [7, 11) is 0. The predicted octanol–water partition coefficient (Wildman–Crippen LogP) is 4.25. The molecule has 6 heteroatoms. The first-order valence-corrected chi connectivity index (χ1v) is 8.52. The van der Waals surface area contributed by atoms with Crippen LogP contribution in [0.4, 0.5) is 0 Å². The van der Waals surface area contributed by atoms with Crippen LogP contribution in [-0.2, 0) is 11.3 Å². The first-order valence-electron chi connectivity index (χ1n) is 7.29. The molecule has 122 valence electrons. The monoisotopic (exact) mass is 357 g/mol. The Bertz CT molecular complexity index is 796. The van der Waals surface area contributed by atoms with Crippen LogP contribution in [0.5, 0.6) is 5.75 Å². The van der Waals surface area contributed by atoms with Crippen LogP contribution in [0.2, 0.25) is 0 Å². The maximum Gasteiger partial charge on any atom is 0.266 e. The summed E-state index contributed by atoms with van der Waals surface area (Å²) in [5.74, 6) is 1.27. The van der Waals surface area contributed by atoms with E-state index in [0.29, 0.717) is 33.9 Å². The zero-order valence-electron chi connectivity index (χ0n) is 12.8. The fraction of sp³-hybridized carbons (Fsp3) is 0.111. The number of furan rings is 1. The van der Waals surface area contributed by atoms with Gasteiger partial charge in [-0.1, -0.05) is 54.8 Å². The van der Waals surface area contributed by atoms with Gasteiger partial charge >= 0.3 is 0 Å². The molecule has 2 heterocycles. The number of rotatable bonds is 6. The van der Waals surface area contributed by atoms with E-state index < -0.39 is 0 Å². The molecule has 1 aliphatic rings. The van der Waals surface area contributed by atoms with Gasteiger partial charge in [0.15, 0.2) is 0 Å². The molecule has 4 nitrogen and oxygen atoms in total. The minimum absolute atomic E-state index is 0.125. The van der Waals surface area contributed by atoms with E-state index in [2.05, 4.69) is 6.58 Å². The fourth-order valence-corrected chi connectivity index (χ4v) is 3.46. The number of nitrogens with zero attached hydrogens (tertiary/aromatic N) is 1. The Morgan fingerprint density at radius 1 is 1.29 bits per heavy atom. The number of thiocarbonyl (C=S) groups is 1. The van der Waals surface area contributed by atoms with E-state index in [1.54, 1.807) is 24.5 Å². The molecule has 0 saturated carbocycles. The number of carbonyl (C=O) groups is 1. The van der Waals surface area contributed by atoms with Crippen molar-refractivity contribution in [2.24, 2.45) is 0 Å². The zero-order chi connectivity index (χ0) is 16.9. The Morgan fingerprint density at radius 3 is 2.88 bits per heavy atom. The van der Waals surface area contributed by atoms with Gasteiger partial charge in [0.2, 0.25) is 0 Å². The smallest absolute Gasteiger partial charge is 0.266 e. The lowest BCUT2D eigenvalue weighted by molar-refractivity contribution is -0.122. The second-order valence-electron chi connectivity index (χ2n) is 4.98. The maximum absolute atomic E-state index is 12.6. The lowest BCUT2D eigenvalue weighted by atomic mass is 10.2. The largest absolute Gasteiger partial charge is 0.489 e. The SMILES string of the molecule is C=CCOc1ccccc1/C=C1/SC(=S)N(Cc2ccco2)C1=O. The molecular weight excluding hydrogens is 342 g/mol. The Hall–Kier alpha value is -2.31.